The number of amidine groups is 1. The van der Waals surface area contributed by atoms with Crippen molar-refractivity contribution in [3.8, 4) is 11.5 Å². The summed E-state index contributed by atoms with van der Waals surface area (Å²) in [6.45, 7) is 12.1. The fourth-order valence-electron chi connectivity index (χ4n) is 4.31. The van der Waals surface area contributed by atoms with E-state index < -0.39 is 29.3 Å². The highest BCUT2D eigenvalue weighted by Gasteiger charge is 2.44. The summed E-state index contributed by atoms with van der Waals surface area (Å²) in [4.78, 5) is 20.1. The van der Waals surface area contributed by atoms with Gasteiger partial charge in [0.15, 0.2) is 22.8 Å². The zero-order chi connectivity index (χ0) is 31.8. The summed E-state index contributed by atoms with van der Waals surface area (Å²) in [7, 11) is 1.73. The number of carbonyl (C=O) groups is 1. The number of amides is 1. The van der Waals surface area contributed by atoms with Crippen LogP contribution in [-0.4, -0.2) is 95.9 Å². The van der Waals surface area contributed by atoms with Crippen LogP contribution in [-0.2, 0) is 9.53 Å². The number of hydrogen-bond donors (Lipinski definition) is 1. The minimum atomic E-state index is -4.75. The molecule has 2 heterocycles. The molecule has 1 N–H and O–H groups in total. The van der Waals surface area contributed by atoms with Crippen molar-refractivity contribution in [2.75, 3.05) is 46.4 Å². The van der Waals surface area contributed by atoms with Crippen molar-refractivity contribution in [1.82, 2.24) is 9.80 Å². The summed E-state index contributed by atoms with van der Waals surface area (Å²) in [5, 5.41) is 10.7. The first kappa shape index (κ1) is 34.3. The Bertz CT molecular complexity index is 1270. The number of phenols is 1. The second kappa shape index (κ2) is 15.0. The molecule has 0 radical (unpaired) electrons. The van der Waals surface area contributed by atoms with Crippen LogP contribution < -0.4 is 4.74 Å². The zero-order valence-electron chi connectivity index (χ0n) is 24.2. The van der Waals surface area contributed by atoms with Crippen molar-refractivity contribution < 1.29 is 41.3 Å². The number of allylic oxidation sites excluding steroid dienone is 4. The number of nitrogens with zero attached hydrogens (tertiary/aromatic N) is 3. The molecule has 2 unspecified atom stereocenters. The average Bonchev–Trinajstić information content (AvgIpc) is 3.32. The third-order valence-electron chi connectivity index (χ3n) is 6.97. The predicted molar refractivity (Wildman–Crippen MR) is 159 cm³/mol. The molecule has 0 spiro atoms. The van der Waals surface area contributed by atoms with E-state index in [1.807, 2.05) is 6.92 Å². The fraction of sp³-hybridized carbons (Fsp3) is 0.467. The average molecular weight is 630 g/mol. The van der Waals surface area contributed by atoms with Crippen LogP contribution in [0.25, 0.3) is 6.08 Å². The number of piperazine rings is 1. The molecule has 1 fully saturated rings. The molecule has 1 aromatic carbocycles. The largest absolute Gasteiger partial charge is 0.504 e. The lowest BCUT2D eigenvalue weighted by molar-refractivity contribution is -0.116. The number of phenolic OH excluding ortho intramolecular Hbond substituents is 1. The molecule has 1 aliphatic carbocycles. The Hall–Kier alpha value is -3.16. The molecule has 13 heteroatoms. The minimum absolute atomic E-state index is 0.00322. The minimum Gasteiger partial charge on any atom is -0.504 e. The maximum atomic E-state index is 14.7. The number of benzene rings is 1. The van der Waals surface area contributed by atoms with Gasteiger partial charge in [-0.2, -0.15) is 26.9 Å². The monoisotopic (exact) mass is 629 g/mol. The second-order valence-electron chi connectivity index (χ2n) is 10.1. The topological polar surface area (TPSA) is 74.6 Å². The highest BCUT2D eigenvalue weighted by molar-refractivity contribution is 8.15. The number of thioether (sulfide) groups is 1. The van der Waals surface area contributed by atoms with Gasteiger partial charge in [-0.15, -0.1) is 0 Å². The van der Waals surface area contributed by atoms with Gasteiger partial charge in [0.25, 0.3) is 5.91 Å². The molecule has 1 saturated heterocycles. The Kier molecular flexibility index (Phi) is 12.0. The van der Waals surface area contributed by atoms with Gasteiger partial charge in [0.2, 0.25) is 0 Å². The van der Waals surface area contributed by atoms with Crippen LogP contribution in [0.15, 0.2) is 65.2 Å². The second-order valence-corrected chi connectivity index (χ2v) is 11.4. The molecule has 2 aliphatic heterocycles. The standard InChI is InChI=1S/C19H17F5O2.C11H19N3O2S/c1-3-13-8-9-15(25)16(11-13)26-17-7-5-4-6-14(19(22,23)24)10-12(2)18(17,20)21;1-9-10(15)12-11(17-9)14-5-3-13(4-6-14)7-8-16-2/h3-6,8-11,17,25H,1,7H2,2H3;9H,3-8H2,1-2H3/b5-4+,12-10+,14-6+;. The number of rotatable bonds is 6. The first-order chi connectivity index (χ1) is 20.3. The van der Waals surface area contributed by atoms with E-state index in [9.17, 15) is 31.9 Å². The van der Waals surface area contributed by atoms with Crippen LogP contribution in [0.2, 0.25) is 0 Å². The van der Waals surface area contributed by atoms with Crippen LogP contribution in [0.4, 0.5) is 22.0 Å². The Morgan fingerprint density at radius 1 is 1.23 bits per heavy atom. The van der Waals surface area contributed by atoms with Crippen LogP contribution in [0.1, 0.15) is 25.8 Å². The van der Waals surface area contributed by atoms with E-state index in [1.54, 1.807) is 18.9 Å². The van der Waals surface area contributed by atoms with Crippen molar-refractivity contribution in [3.05, 3.63) is 65.8 Å². The number of carbonyl (C=O) groups excluding carboxylic acids is 1. The third kappa shape index (κ3) is 9.41. The highest BCUT2D eigenvalue weighted by Crippen LogP contribution is 2.39. The number of methoxy groups -OCH3 is 1. The van der Waals surface area contributed by atoms with Gasteiger partial charge in [0, 0.05) is 46.3 Å². The summed E-state index contributed by atoms with van der Waals surface area (Å²) in [5.41, 5.74) is -1.43. The quantitative estimate of drug-likeness (QED) is 0.383. The van der Waals surface area contributed by atoms with Crippen molar-refractivity contribution >= 4 is 28.9 Å². The summed E-state index contributed by atoms with van der Waals surface area (Å²) < 4.78 is 78.6. The molecular formula is C30H36F5N3O4S. The first-order valence-electron chi connectivity index (χ1n) is 13.6. The molecule has 1 amide bonds. The Morgan fingerprint density at radius 3 is 2.51 bits per heavy atom. The fourth-order valence-corrected chi connectivity index (χ4v) is 5.25. The van der Waals surface area contributed by atoms with Crippen LogP contribution >= 0.6 is 11.8 Å². The SMILES string of the molecule is C=Cc1ccc(O)c(OC2C/C=C/C=C(C(F)(F)F)\C=C(/C)C2(F)F)c1.COCCN1CCN(C2=NC(=O)C(C)S2)CC1. The van der Waals surface area contributed by atoms with Gasteiger partial charge in [0.05, 0.1) is 17.4 Å². The molecule has 7 nitrogen and oxygen atoms in total. The van der Waals surface area contributed by atoms with Crippen molar-refractivity contribution in [2.24, 2.45) is 4.99 Å². The maximum Gasteiger partial charge on any atom is 0.416 e. The van der Waals surface area contributed by atoms with Crippen molar-refractivity contribution in [3.63, 3.8) is 0 Å². The Balaban J connectivity index is 0.000000257. The number of hydrogen-bond acceptors (Lipinski definition) is 7. The van der Waals surface area contributed by atoms with Crippen LogP contribution in [0.3, 0.4) is 0 Å². The van der Waals surface area contributed by atoms with E-state index in [4.69, 9.17) is 9.47 Å². The van der Waals surface area contributed by atoms with Crippen molar-refractivity contribution in [2.45, 2.75) is 43.7 Å². The third-order valence-corrected chi connectivity index (χ3v) is 8.09. The number of ether oxygens (including phenoxy) is 2. The van der Waals surface area contributed by atoms with E-state index >= 15 is 0 Å². The highest BCUT2D eigenvalue weighted by atomic mass is 32.2. The van der Waals surface area contributed by atoms with E-state index in [1.165, 1.54) is 30.4 Å². The molecule has 43 heavy (non-hydrogen) atoms. The molecule has 2 atom stereocenters. The lowest BCUT2D eigenvalue weighted by atomic mass is 10.00. The van der Waals surface area contributed by atoms with Gasteiger partial charge < -0.3 is 19.5 Å². The number of halogens is 5. The lowest BCUT2D eigenvalue weighted by Crippen LogP contribution is -2.48. The molecular weight excluding hydrogens is 593 g/mol. The van der Waals surface area contributed by atoms with Gasteiger partial charge >= 0.3 is 12.1 Å². The Labute approximate surface area is 252 Å². The number of aromatic hydroxyl groups is 1. The van der Waals surface area contributed by atoms with Gasteiger partial charge in [-0.3, -0.25) is 9.69 Å². The molecule has 0 bridgehead atoms. The van der Waals surface area contributed by atoms with E-state index in [0.29, 0.717) is 11.6 Å². The van der Waals surface area contributed by atoms with Gasteiger partial charge in [0.1, 0.15) is 0 Å². The molecule has 4 rings (SSSR count). The molecule has 1 aromatic rings. The predicted octanol–water partition coefficient (Wildman–Crippen LogP) is 6.08. The van der Waals surface area contributed by atoms with Gasteiger partial charge in [-0.1, -0.05) is 48.7 Å². The van der Waals surface area contributed by atoms with Gasteiger partial charge in [-0.05, 0) is 43.2 Å². The van der Waals surface area contributed by atoms with Crippen molar-refractivity contribution in [1.29, 1.82) is 0 Å². The first-order valence-corrected chi connectivity index (χ1v) is 14.5. The van der Waals surface area contributed by atoms with Gasteiger partial charge in [-0.25, -0.2) is 0 Å². The maximum absolute atomic E-state index is 14.7. The smallest absolute Gasteiger partial charge is 0.416 e. The summed E-state index contributed by atoms with van der Waals surface area (Å²) >= 11 is 1.58. The lowest BCUT2D eigenvalue weighted by Gasteiger charge is -2.35. The van der Waals surface area contributed by atoms with E-state index in [-0.39, 0.29) is 29.1 Å². The summed E-state index contributed by atoms with van der Waals surface area (Å²) in [6, 6.07) is 4.11. The van der Waals surface area contributed by atoms with Crippen LogP contribution in [0, 0.1) is 0 Å². The molecule has 0 aromatic heterocycles. The zero-order valence-corrected chi connectivity index (χ0v) is 25.1. The molecule has 0 saturated carbocycles. The molecule has 3 aliphatic rings. The van der Waals surface area contributed by atoms with Crippen LogP contribution in [0.5, 0.6) is 11.5 Å². The van der Waals surface area contributed by atoms with E-state index in [2.05, 4.69) is 21.4 Å². The van der Waals surface area contributed by atoms with E-state index in [0.717, 1.165) is 63.6 Å². The number of aliphatic imine (C=N–C) groups is 1. The normalized spacial score (nSPS) is 25.9. The molecule has 236 valence electrons. The number of alkyl halides is 5. The summed E-state index contributed by atoms with van der Waals surface area (Å²) in [5.74, 6) is -4.23. The Morgan fingerprint density at radius 2 is 1.93 bits per heavy atom. The summed E-state index contributed by atoms with van der Waals surface area (Å²) in [6.07, 6.45) is -2.07.